The fraction of sp³-hybridized carbons (Fsp3) is 0.409. The van der Waals surface area contributed by atoms with Crippen LogP contribution in [0.2, 0.25) is 0 Å². The fourth-order valence-corrected chi connectivity index (χ4v) is 3.81. The Balaban J connectivity index is 1.91. The number of Topliss-reactive ketones (excluding diaryl/α,β-unsaturated/α-hetero) is 1. The lowest BCUT2D eigenvalue weighted by molar-refractivity contribution is 0.0823. The van der Waals surface area contributed by atoms with E-state index in [1.807, 2.05) is 30.3 Å². The molecule has 6 heteroatoms. The van der Waals surface area contributed by atoms with E-state index in [4.69, 9.17) is 0 Å². The second kappa shape index (κ2) is 8.97. The van der Waals surface area contributed by atoms with Crippen LogP contribution in [0.15, 0.2) is 47.4 Å². The molecule has 1 aliphatic rings. The second-order valence-corrected chi connectivity index (χ2v) is 7.45. The molecule has 0 saturated heterocycles. The van der Waals surface area contributed by atoms with E-state index in [2.05, 4.69) is 5.32 Å². The van der Waals surface area contributed by atoms with E-state index in [-0.39, 0.29) is 29.9 Å². The topological polar surface area (TPSA) is 88.4 Å². The lowest BCUT2D eigenvalue weighted by atomic mass is 9.83. The highest BCUT2D eigenvalue weighted by Crippen LogP contribution is 2.28. The summed E-state index contributed by atoms with van der Waals surface area (Å²) < 4.78 is 1.42. The first-order valence-electron chi connectivity index (χ1n) is 9.69. The molecule has 0 spiro atoms. The number of carbonyl (C=O) groups excluding carboxylic acids is 2. The highest BCUT2D eigenvalue weighted by atomic mass is 16.3. The quantitative estimate of drug-likeness (QED) is 0.751. The molecule has 1 aliphatic carbocycles. The van der Waals surface area contributed by atoms with Gasteiger partial charge in [-0.15, -0.1) is 0 Å². The van der Waals surface area contributed by atoms with Crippen molar-refractivity contribution in [1.29, 1.82) is 0 Å². The van der Waals surface area contributed by atoms with Crippen LogP contribution in [0, 0.1) is 5.92 Å². The van der Waals surface area contributed by atoms with Gasteiger partial charge in [0.1, 0.15) is 5.56 Å². The average molecular weight is 382 g/mol. The molecule has 2 atom stereocenters. The first kappa shape index (κ1) is 20.0. The average Bonchev–Trinajstić information content (AvgIpc) is 2.69. The molecule has 6 nitrogen and oxygen atoms in total. The first-order chi connectivity index (χ1) is 13.5. The molecule has 2 N–H and O–H groups in total. The molecule has 0 radical (unpaired) electrons. The van der Waals surface area contributed by atoms with Gasteiger partial charge in [-0.1, -0.05) is 36.8 Å². The molecule has 148 valence electrons. The van der Waals surface area contributed by atoms with Crippen LogP contribution in [-0.4, -0.2) is 34.5 Å². The monoisotopic (exact) mass is 382 g/mol. The summed E-state index contributed by atoms with van der Waals surface area (Å²) in [6.45, 7) is 0.285. The van der Waals surface area contributed by atoms with E-state index in [0.717, 1.165) is 24.8 Å². The van der Waals surface area contributed by atoms with Crippen molar-refractivity contribution in [2.45, 2.75) is 44.8 Å². The number of amides is 1. The summed E-state index contributed by atoms with van der Waals surface area (Å²) in [6, 6.07) is 10.8. The van der Waals surface area contributed by atoms with E-state index < -0.39 is 11.5 Å². The summed E-state index contributed by atoms with van der Waals surface area (Å²) in [5.74, 6) is -0.477. The molecular formula is C22H26N2O4. The molecule has 1 amide bonds. The van der Waals surface area contributed by atoms with Gasteiger partial charge in [0.25, 0.3) is 11.5 Å². The van der Waals surface area contributed by atoms with Crippen molar-refractivity contribution >= 4 is 11.7 Å². The summed E-state index contributed by atoms with van der Waals surface area (Å²) in [5, 5.41) is 12.3. The highest BCUT2D eigenvalue weighted by Gasteiger charge is 2.24. The fourth-order valence-electron chi connectivity index (χ4n) is 3.81. The molecule has 0 bridgehead atoms. The van der Waals surface area contributed by atoms with Gasteiger partial charge in [0.05, 0.1) is 12.6 Å². The first-order valence-corrected chi connectivity index (χ1v) is 9.69. The number of pyridine rings is 1. The lowest BCUT2D eigenvalue weighted by Crippen LogP contribution is -2.32. The number of hydrogen-bond acceptors (Lipinski definition) is 4. The van der Waals surface area contributed by atoms with Crippen molar-refractivity contribution in [3.05, 3.63) is 69.6 Å². The third kappa shape index (κ3) is 4.75. The third-order valence-corrected chi connectivity index (χ3v) is 5.30. The van der Waals surface area contributed by atoms with Crippen LogP contribution in [-0.2, 0) is 6.54 Å². The van der Waals surface area contributed by atoms with Crippen molar-refractivity contribution < 1.29 is 14.7 Å². The van der Waals surface area contributed by atoms with Crippen molar-refractivity contribution in [2.75, 3.05) is 7.05 Å². The number of benzene rings is 1. The molecule has 1 fully saturated rings. The molecule has 3 rings (SSSR count). The Morgan fingerprint density at radius 3 is 2.64 bits per heavy atom. The van der Waals surface area contributed by atoms with Crippen LogP contribution in [0.5, 0.6) is 0 Å². The maximum Gasteiger partial charge on any atom is 0.263 e. The van der Waals surface area contributed by atoms with Crippen molar-refractivity contribution in [3.63, 3.8) is 0 Å². The zero-order valence-corrected chi connectivity index (χ0v) is 16.1. The molecule has 28 heavy (non-hydrogen) atoms. The van der Waals surface area contributed by atoms with Crippen LogP contribution in [0.25, 0.3) is 0 Å². The Bertz CT molecular complexity index is 904. The number of nitrogens with one attached hydrogen (secondary N) is 1. The SMILES string of the molecule is CNC(=O)c1cc(C(=O)C[C@@H]2CCC[C@@H](O)C2)cn(Cc2ccccc2)c1=O. The minimum atomic E-state index is -0.505. The Kier molecular flexibility index (Phi) is 6.41. The van der Waals surface area contributed by atoms with Gasteiger partial charge in [-0.25, -0.2) is 0 Å². The number of carbonyl (C=O) groups is 2. The smallest absolute Gasteiger partial charge is 0.263 e. The third-order valence-electron chi connectivity index (χ3n) is 5.30. The number of aliphatic hydroxyl groups is 1. The van der Waals surface area contributed by atoms with E-state index in [1.165, 1.54) is 17.7 Å². The standard InChI is InChI=1S/C22H26N2O4/c1-23-21(27)19-12-17(20(26)11-16-8-5-9-18(25)10-16)14-24(22(19)28)13-15-6-3-2-4-7-15/h2-4,6-7,12,14,16,18,25H,5,8-11,13H2,1H3,(H,23,27)/t16-,18-/m1/s1. The Morgan fingerprint density at radius 2 is 1.96 bits per heavy atom. The maximum absolute atomic E-state index is 12.9. The maximum atomic E-state index is 12.9. The number of rotatable bonds is 6. The highest BCUT2D eigenvalue weighted by molar-refractivity contribution is 6.00. The minimum Gasteiger partial charge on any atom is -0.393 e. The van der Waals surface area contributed by atoms with Gasteiger partial charge >= 0.3 is 0 Å². The van der Waals surface area contributed by atoms with Gasteiger partial charge in [0, 0.05) is 25.2 Å². The normalized spacial score (nSPS) is 19.2. The van der Waals surface area contributed by atoms with Gasteiger partial charge in [-0.3, -0.25) is 14.4 Å². The van der Waals surface area contributed by atoms with E-state index in [9.17, 15) is 19.5 Å². The van der Waals surface area contributed by atoms with Crippen molar-refractivity contribution in [1.82, 2.24) is 9.88 Å². The minimum absolute atomic E-state index is 0.0343. The molecule has 0 unspecified atom stereocenters. The summed E-state index contributed by atoms with van der Waals surface area (Å²) in [5.41, 5.74) is 0.808. The molecule has 1 saturated carbocycles. The zero-order valence-electron chi connectivity index (χ0n) is 16.1. The number of aliphatic hydroxyl groups excluding tert-OH is 1. The molecule has 2 aromatic rings. The molecule has 1 heterocycles. The largest absolute Gasteiger partial charge is 0.393 e. The molecule has 1 aromatic heterocycles. The van der Waals surface area contributed by atoms with E-state index >= 15 is 0 Å². The summed E-state index contributed by atoms with van der Waals surface area (Å²) >= 11 is 0. The van der Waals surface area contributed by atoms with Crippen LogP contribution in [0.4, 0.5) is 0 Å². The number of nitrogens with zero attached hydrogens (tertiary/aromatic N) is 1. The Morgan fingerprint density at radius 1 is 1.21 bits per heavy atom. The number of ketones is 1. The Hall–Kier alpha value is -2.73. The number of aromatic nitrogens is 1. The van der Waals surface area contributed by atoms with E-state index in [1.54, 1.807) is 6.20 Å². The summed E-state index contributed by atoms with van der Waals surface area (Å²) in [7, 11) is 1.46. The van der Waals surface area contributed by atoms with Gasteiger partial charge < -0.3 is 15.0 Å². The number of hydrogen-bond donors (Lipinski definition) is 2. The van der Waals surface area contributed by atoms with Crippen molar-refractivity contribution in [2.24, 2.45) is 5.92 Å². The van der Waals surface area contributed by atoms with Crippen LogP contribution in [0.1, 0.15) is 58.4 Å². The van der Waals surface area contributed by atoms with Crippen LogP contribution in [0.3, 0.4) is 0 Å². The summed E-state index contributed by atoms with van der Waals surface area (Å²) in [4.78, 5) is 37.8. The second-order valence-electron chi connectivity index (χ2n) is 7.45. The molecule has 0 aliphatic heterocycles. The molecule has 1 aromatic carbocycles. The van der Waals surface area contributed by atoms with Gasteiger partial charge in [-0.2, -0.15) is 0 Å². The van der Waals surface area contributed by atoms with Gasteiger partial charge in [0.15, 0.2) is 5.78 Å². The van der Waals surface area contributed by atoms with Gasteiger partial charge in [-0.05, 0) is 36.8 Å². The van der Waals surface area contributed by atoms with E-state index in [0.29, 0.717) is 18.4 Å². The van der Waals surface area contributed by atoms with Crippen LogP contribution < -0.4 is 10.9 Å². The van der Waals surface area contributed by atoms with Crippen molar-refractivity contribution in [3.8, 4) is 0 Å². The lowest BCUT2D eigenvalue weighted by Gasteiger charge is -2.25. The Labute approximate surface area is 164 Å². The van der Waals surface area contributed by atoms with Crippen LogP contribution >= 0.6 is 0 Å². The zero-order chi connectivity index (χ0) is 20.1. The van der Waals surface area contributed by atoms with Gasteiger partial charge in [0.2, 0.25) is 0 Å². The molecular weight excluding hydrogens is 356 g/mol. The predicted molar refractivity (Wildman–Crippen MR) is 107 cm³/mol. The summed E-state index contributed by atoms with van der Waals surface area (Å²) in [6.07, 6.45) is 4.74. The predicted octanol–water partition coefficient (Wildman–Crippen LogP) is 2.38.